The molecule has 19 heavy (non-hydrogen) atoms. The zero-order valence-electron chi connectivity index (χ0n) is 12.2. The van der Waals surface area contributed by atoms with Crippen molar-refractivity contribution in [3.63, 3.8) is 0 Å². The Hall–Kier alpha value is -1.40. The summed E-state index contributed by atoms with van der Waals surface area (Å²) >= 11 is 1.25. The summed E-state index contributed by atoms with van der Waals surface area (Å²) in [6.07, 6.45) is 0. The number of rotatable bonds is 3. The van der Waals surface area contributed by atoms with Crippen LogP contribution in [0.15, 0.2) is 6.07 Å². The van der Waals surface area contributed by atoms with Crippen LogP contribution in [0.2, 0.25) is 0 Å². The normalized spacial score (nSPS) is 11.3. The lowest BCUT2D eigenvalue weighted by molar-refractivity contribution is -0.123. The Labute approximate surface area is 117 Å². The summed E-state index contributed by atoms with van der Waals surface area (Å²) in [6, 6.07) is 1.80. The first kappa shape index (κ1) is 15.7. The van der Waals surface area contributed by atoms with Gasteiger partial charge in [-0.1, -0.05) is 20.8 Å². The molecule has 0 atom stereocenters. The number of hydroxylamine groups is 2. The predicted octanol–water partition coefficient (Wildman–Crippen LogP) is 2.67. The van der Waals surface area contributed by atoms with Crippen molar-refractivity contribution in [3.8, 4) is 0 Å². The van der Waals surface area contributed by atoms with Crippen LogP contribution < -0.4 is 5.32 Å². The van der Waals surface area contributed by atoms with Gasteiger partial charge in [-0.3, -0.25) is 14.4 Å². The van der Waals surface area contributed by atoms with Crippen molar-refractivity contribution in [2.24, 2.45) is 5.41 Å². The molecule has 0 saturated carbocycles. The van der Waals surface area contributed by atoms with Gasteiger partial charge in [0, 0.05) is 12.5 Å². The molecule has 0 radical (unpaired) electrons. The molecular formula is C13H20N2O3S. The smallest absolute Gasteiger partial charge is 0.287 e. The van der Waals surface area contributed by atoms with E-state index in [-0.39, 0.29) is 11.8 Å². The van der Waals surface area contributed by atoms with Crippen LogP contribution in [-0.4, -0.2) is 31.0 Å². The Morgan fingerprint density at radius 1 is 1.37 bits per heavy atom. The van der Waals surface area contributed by atoms with Gasteiger partial charge in [-0.2, -0.15) is 0 Å². The highest BCUT2D eigenvalue weighted by atomic mass is 32.1. The molecule has 6 heteroatoms. The van der Waals surface area contributed by atoms with Crippen LogP contribution in [0.1, 0.15) is 36.0 Å². The summed E-state index contributed by atoms with van der Waals surface area (Å²) < 4.78 is 0. The van der Waals surface area contributed by atoms with Gasteiger partial charge in [0.25, 0.3) is 5.91 Å². The maximum absolute atomic E-state index is 12.0. The number of hydrogen-bond donors (Lipinski definition) is 1. The summed E-state index contributed by atoms with van der Waals surface area (Å²) in [7, 11) is 2.98. The van der Waals surface area contributed by atoms with Crippen LogP contribution in [0.3, 0.4) is 0 Å². The average molecular weight is 284 g/mol. The molecule has 0 bridgehead atoms. The van der Waals surface area contributed by atoms with Gasteiger partial charge in [0.1, 0.15) is 0 Å². The molecule has 0 unspecified atom stereocenters. The van der Waals surface area contributed by atoms with Gasteiger partial charge in [-0.05, 0) is 18.6 Å². The fraction of sp³-hybridized carbons (Fsp3) is 0.538. The number of carbonyl (C=O) groups is 2. The van der Waals surface area contributed by atoms with E-state index in [1.165, 1.54) is 18.4 Å². The van der Waals surface area contributed by atoms with Crippen LogP contribution in [-0.2, 0) is 9.63 Å². The first-order valence-corrected chi connectivity index (χ1v) is 6.72. The minimum absolute atomic E-state index is 0.0761. The number of nitrogens with one attached hydrogen (secondary N) is 1. The number of aryl methyl sites for hydroxylation is 1. The number of carbonyl (C=O) groups excluding carboxylic acids is 2. The maximum atomic E-state index is 12.0. The van der Waals surface area contributed by atoms with E-state index in [1.807, 2.05) is 27.7 Å². The number of hydrogen-bond acceptors (Lipinski definition) is 4. The second-order valence-corrected chi connectivity index (χ2v) is 6.36. The predicted molar refractivity (Wildman–Crippen MR) is 76.2 cm³/mol. The van der Waals surface area contributed by atoms with Crippen LogP contribution in [0.4, 0.5) is 5.00 Å². The molecule has 0 aliphatic heterocycles. The molecule has 1 aromatic rings. The number of nitrogens with zero attached hydrogens (tertiary/aromatic N) is 1. The molecule has 5 nitrogen and oxygen atoms in total. The quantitative estimate of drug-likeness (QED) is 0.868. The Morgan fingerprint density at radius 2 is 1.95 bits per heavy atom. The molecule has 2 amide bonds. The van der Waals surface area contributed by atoms with Crippen molar-refractivity contribution in [1.82, 2.24) is 5.06 Å². The maximum Gasteiger partial charge on any atom is 0.287 e. The van der Waals surface area contributed by atoms with Crippen LogP contribution in [0.5, 0.6) is 0 Å². The Morgan fingerprint density at radius 3 is 2.42 bits per heavy atom. The monoisotopic (exact) mass is 284 g/mol. The van der Waals surface area contributed by atoms with Gasteiger partial charge in [0.05, 0.1) is 17.0 Å². The topological polar surface area (TPSA) is 58.6 Å². The summed E-state index contributed by atoms with van der Waals surface area (Å²) in [4.78, 5) is 29.3. The standard InChI is InChI=1S/C13H20N2O3S/c1-8-7-9(14-12(17)13(2,3)4)19-10(8)11(16)15(5)18-6/h7H,1-6H3,(H,14,17). The highest BCUT2D eigenvalue weighted by Gasteiger charge is 2.23. The first-order valence-electron chi connectivity index (χ1n) is 5.91. The van der Waals surface area contributed by atoms with E-state index in [9.17, 15) is 9.59 Å². The number of thiophene rings is 1. The third-order valence-electron chi connectivity index (χ3n) is 2.59. The Bertz CT molecular complexity index is 489. The van der Waals surface area contributed by atoms with Crippen molar-refractivity contribution >= 4 is 28.2 Å². The lowest BCUT2D eigenvalue weighted by Crippen LogP contribution is -2.27. The highest BCUT2D eigenvalue weighted by Crippen LogP contribution is 2.29. The molecule has 1 heterocycles. The van der Waals surface area contributed by atoms with Gasteiger partial charge in [0.15, 0.2) is 0 Å². The summed E-state index contributed by atoms with van der Waals surface area (Å²) in [5.41, 5.74) is 0.355. The minimum Gasteiger partial charge on any atom is -0.317 e. The SMILES string of the molecule is CON(C)C(=O)c1sc(NC(=O)C(C)(C)C)cc1C. The lowest BCUT2D eigenvalue weighted by Gasteiger charge is -2.16. The average Bonchev–Trinajstić information content (AvgIpc) is 2.67. The second kappa shape index (κ2) is 5.71. The number of anilines is 1. The Balaban J connectivity index is 2.92. The minimum atomic E-state index is -0.467. The van der Waals surface area contributed by atoms with Gasteiger partial charge < -0.3 is 5.32 Å². The molecule has 1 N–H and O–H groups in total. The molecule has 0 aromatic carbocycles. The summed E-state index contributed by atoms with van der Waals surface area (Å²) in [6.45, 7) is 7.36. The second-order valence-electron chi connectivity index (χ2n) is 5.31. The van der Waals surface area contributed by atoms with Gasteiger partial charge >= 0.3 is 0 Å². The molecule has 1 aromatic heterocycles. The largest absolute Gasteiger partial charge is 0.317 e. The fourth-order valence-electron chi connectivity index (χ4n) is 1.28. The molecule has 0 saturated heterocycles. The van der Waals surface area contributed by atoms with Crippen LogP contribution in [0, 0.1) is 12.3 Å². The third kappa shape index (κ3) is 3.78. The van der Waals surface area contributed by atoms with Gasteiger partial charge in [-0.15, -0.1) is 11.3 Å². The van der Waals surface area contributed by atoms with Crippen LogP contribution >= 0.6 is 11.3 Å². The zero-order valence-corrected chi connectivity index (χ0v) is 13.0. The molecule has 0 fully saturated rings. The summed E-state index contributed by atoms with van der Waals surface area (Å²) in [5.74, 6) is -0.297. The lowest BCUT2D eigenvalue weighted by atomic mass is 9.96. The molecule has 0 aliphatic carbocycles. The van der Waals surface area contributed by atoms with E-state index in [2.05, 4.69) is 5.32 Å². The van der Waals surface area contributed by atoms with E-state index in [0.717, 1.165) is 10.6 Å². The zero-order chi connectivity index (χ0) is 14.8. The van der Waals surface area contributed by atoms with Crippen molar-refractivity contribution < 1.29 is 14.4 Å². The van der Waals surface area contributed by atoms with Crippen molar-refractivity contribution in [2.75, 3.05) is 19.5 Å². The third-order valence-corrected chi connectivity index (χ3v) is 3.73. The Kier molecular flexibility index (Phi) is 4.70. The molecular weight excluding hydrogens is 264 g/mol. The van der Waals surface area contributed by atoms with E-state index in [4.69, 9.17) is 4.84 Å². The first-order chi connectivity index (χ1) is 8.66. The summed E-state index contributed by atoms with van der Waals surface area (Å²) in [5, 5.41) is 4.66. The van der Waals surface area contributed by atoms with Crippen LogP contribution in [0.25, 0.3) is 0 Å². The van der Waals surface area contributed by atoms with E-state index >= 15 is 0 Å². The number of amides is 2. The van der Waals surface area contributed by atoms with E-state index in [0.29, 0.717) is 9.88 Å². The van der Waals surface area contributed by atoms with Gasteiger partial charge in [-0.25, -0.2) is 5.06 Å². The van der Waals surface area contributed by atoms with E-state index < -0.39 is 5.41 Å². The van der Waals surface area contributed by atoms with Crippen molar-refractivity contribution in [1.29, 1.82) is 0 Å². The molecule has 0 aliphatic rings. The van der Waals surface area contributed by atoms with E-state index in [1.54, 1.807) is 13.1 Å². The molecule has 1 rings (SSSR count). The van der Waals surface area contributed by atoms with Crippen molar-refractivity contribution in [2.45, 2.75) is 27.7 Å². The van der Waals surface area contributed by atoms with Gasteiger partial charge in [0.2, 0.25) is 5.91 Å². The van der Waals surface area contributed by atoms with Crippen molar-refractivity contribution in [3.05, 3.63) is 16.5 Å². The highest BCUT2D eigenvalue weighted by molar-refractivity contribution is 7.18. The molecule has 0 spiro atoms. The fourth-order valence-corrected chi connectivity index (χ4v) is 2.32. The molecule has 106 valence electrons.